The summed E-state index contributed by atoms with van der Waals surface area (Å²) in [5.41, 5.74) is 6.47. The number of hydrogen-bond acceptors (Lipinski definition) is 2. The second kappa shape index (κ2) is 9.28. The third-order valence-electron chi connectivity index (χ3n) is 5.72. The van der Waals surface area contributed by atoms with Crippen molar-refractivity contribution < 1.29 is 9.18 Å². The normalized spacial score (nSPS) is 10.9. The van der Waals surface area contributed by atoms with Crippen LogP contribution in [0.2, 0.25) is 0 Å². The number of nitrogens with one attached hydrogen (secondary N) is 2. The third kappa shape index (κ3) is 5.12. The molecule has 2 N–H and O–H groups in total. The zero-order valence-electron chi connectivity index (χ0n) is 19.0. The van der Waals surface area contributed by atoms with Crippen molar-refractivity contribution >= 4 is 5.91 Å². The third-order valence-corrected chi connectivity index (χ3v) is 5.72. The van der Waals surface area contributed by atoms with Crippen molar-refractivity contribution in [2.24, 2.45) is 7.05 Å². The van der Waals surface area contributed by atoms with E-state index >= 15 is 0 Å². The molecule has 6 heteroatoms. The molecule has 0 atom stereocenters. The molecule has 0 unspecified atom stereocenters. The zero-order valence-corrected chi connectivity index (χ0v) is 19.0. The first-order valence-corrected chi connectivity index (χ1v) is 10.8. The number of carbonyl (C=O) groups excluding carboxylic acids is 1. The van der Waals surface area contributed by atoms with Crippen LogP contribution in [0.4, 0.5) is 4.39 Å². The number of nitrogens with zero attached hydrogens (tertiary/aromatic N) is 2. The Bertz CT molecular complexity index is 1380. The van der Waals surface area contributed by atoms with Crippen LogP contribution in [0.5, 0.6) is 0 Å². The summed E-state index contributed by atoms with van der Waals surface area (Å²) in [5.74, 6) is -0.467. The summed E-state index contributed by atoms with van der Waals surface area (Å²) >= 11 is 0. The van der Waals surface area contributed by atoms with Crippen LogP contribution in [0.3, 0.4) is 0 Å². The van der Waals surface area contributed by atoms with E-state index in [0.29, 0.717) is 24.3 Å². The molecular weight excluding hydrogens is 415 g/mol. The number of amides is 1. The second-order valence-corrected chi connectivity index (χ2v) is 8.41. The summed E-state index contributed by atoms with van der Waals surface area (Å²) in [6.07, 6.45) is 3.67. The molecule has 0 saturated carbocycles. The molecule has 0 spiro atoms. The van der Waals surface area contributed by atoms with E-state index < -0.39 is 0 Å². The predicted octanol–water partition coefficient (Wildman–Crippen LogP) is 4.71. The number of benzene rings is 3. The molecule has 168 valence electrons. The van der Waals surface area contributed by atoms with Crippen LogP contribution in [0.1, 0.15) is 32.6 Å². The molecule has 4 aromatic rings. The quantitative estimate of drug-likeness (QED) is 0.446. The SMILES string of the molecule is Cc1cccc(CNC(=O)c2cc(Cn3ccn(C)c3=N)cc(-c3ccc(F)cc3C)c2)c1. The lowest BCUT2D eigenvalue weighted by atomic mass is 9.96. The van der Waals surface area contributed by atoms with Crippen LogP contribution >= 0.6 is 0 Å². The van der Waals surface area contributed by atoms with Crippen molar-refractivity contribution in [2.75, 3.05) is 0 Å². The number of aryl methyl sites for hydroxylation is 3. The summed E-state index contributed by atoms with van der Waals surface area (Å²) in [4.78, 5) is 13.1. The van der Waals surface area contributed by atoms with Gasteiger partial charge in [0.15, 0.2) is 0 Å². The van der Waals surface area contributed by atoms with E-state index in [1.165, 1.54) is 12.1 Å². The molecule has 0 aliphatic rings. The molecule has 5 nitrogen and oxygen atoms in total. The molecule has 0 aliphatic carbocycles. The van der Waals surface area contributed by atoms with Crippen LogP contribution in [0, 0.1) is 25.1 Å². The van der Waals surface area contributed by atoms with Crippen molar-refractivity contribution in [3.05, 3.63) is 112 Å². The summed E-state index contributed by atoms with van der Waals surface area (Å²) < 4.78 is 17.2. The fraction of sp³-hybridized carbons (Fsp3) is 0.185. The molecule has 0 radical (unpaired) electrons. The van der Waals surface area contributed by atoms with E-state index in [-0.39, 0.29) is 11.7 Å². The van der Waals surface area contributed by atoms with Gasteiger partial charge in [0.25, 0.3) is 5.91 Å². The van der Waals surface area contributed by atoms with Crippen molar-refractivity contribution in [1.29, 1.82) is 5.41 Å². The number of hydrogen-bond donors (Lipinski definition) is 2. The Kier molecular flexibility index (Phi) is 6.27. The molecule has 1 aromatic heterocycles. The molecule has 0 fully saturated rings. The lowest BCUT2D eigenvalue weighted by molar-refractivity contribution is 0.0951. The van der Waals surface area contributed by atoms with Gasteiger partial charge in [-0.15, -0.1) is 0 Å². The Hall–Kier alpha value is -3.93. The lowest BCUT2D eigenvalue weighted by Gasteiger charge is -2.13. The summed E-state index contributed by atoms with van der Waals surface area (Å²) in [6, 6.07) is 18.4. The van der Waals surface area contributed by atoms with Gasteiger partial charge in [0, 0.05) is 31.5 Å². The molecule has 4 rings (SSSR count). The predicted molar refractivity (Wildman–Crippen MR) is 127 cm³/mol. The highest BCUT2D eigenvalue weighted by Crippen LogP contribution is 2.27. The minimum Gasteiger partial charge on any atom is -0.348 e. The van der Waals surface area contributed by atoms with Gasteiger partial charge in [0.05, 0.1) is 6.54 Å². The van der Waals surface area contributed by atoms with Gasteiger partial charge in [-0.05, 0) is 72.0 Å². The number of halogens is 1. The van der Waals surface area contributed by atoms with Gasteiger partial charge in [-0.1, -0.05) is 35.9 Å². The van der Waals surface area contributed by atoms with Crippen LogP contribution in [-0.2, 0) is 20.1 Å². The van der Waals surface area contributed by atoms with E-state index in [9.17, 15) is 9.18 Å². The molecule has 1 heterocycles. The van der Waals surface area contributed by atoms with E-state index in [2.05, 4.69) is 5.32 Å². The minimum absolute atomic E-state index is 0.177. The van der Waals surface area contributed by atoms with Gasteiger partial charge in [-0.25, -0.2) is 4.39 Å². The van der Waals surface area contributed by atoms with E-state index in [4.69, 9.17) is 5.41 Å². The molecule has 0 aliphatic heterocycles. The minimum atomic E-state index is -0.290. The van der Waals surface area contributed by atoms with Crippen LogP contribution in [-0.4, -0.2) is 15.0 Å². The molecule has 33 heavy (non-hydrogen) atoms. The van der Waals surface area contributed by atoms with Crippen molar-refractivity contribution in [2.45, 2.75) is 26.9 Å². The number of carbonyl (C=O) groups is 1. The number of rotatable bonds is 6. The lowest BCUT2D eigenvalue weighted by Crippen LogP contribution is -2.24. The fourth-order valence-corrected chi connectivity index (χ4v) is 3.98. The van der Waals surface area contributed by atoms with Gasteiger partial charge < -0.3 is 14.5 Å². The monoisotopic (exact) mass is 442 g/mol. The fourth-order valence-electron chi connectivity index (χ4n) is 3.98. The zero-order chi connectivity index (χ0) is 23.5. The van der Waals surface area contributed by atoms with E-state index in [1.54, 1.807) is 10.6 Å². The Morgan fingerprint density at radius 3 is 2.52 bits per heavy atom. The summed E-state index contributed by atoms with van der Waals surface area (Å²) in [5, 5.41) is 11.2. The van der Waals surface area contributed by atoms with Crippen LogP contribution in [0.25, 0.3) is 11.1 Å². The second-order valence-electron chi connectivity index (χ2n) is 8.41. The highest BCUT2D eigenvalue weighted by atomic mass is 19.1. The topological polar surface area (TPSA) is 62.8 Å². The standard InChI is InChI=1S/C27H27FN4O/c1-18-5-4-6-20(11-18)16-30-26(33)23-14-21(17-32-10-9-31(3)27(32)29)13-22(15-23)25-8-7-24(28)12-19(25)2/h4-15,29H,16-17H2,1-3H3,(H,30,33). The molecule has 0 saturated heterocycles. The van der Waals surface area contributed by atoms with Gasteiger partial charge in [-0.2, -0.15) is 0 Å². The van der Waals surface area contributed by atoms with Crippen LogP contribution in [0.15, 0.2) is 73.1 Å². The first-order chi connectivity index (χ1) is 15.8. The maximum Gasteiger partial charge on any atom is 0.251 e. The summed E-state index contributed by atoms with van der Waals surface area (Å²) in [6.45, 7) is 4.76. The van der Waals surface area contributed by atoms with Crippen molar-refractivity contribution in [3.63, 3.8) is 0 Å². The summed E-state index contributed by atoms with van der Waals surface area (Å²) in [7, 11) is 1.82. The molecule has 0 bridgehead atoms. The van der Waals surface area contributed by atoms with Crippen LogP contribution < -0.4 is 10.9 Å². The first-order valence-electron chi connectivity index (χ1n) is 10.8. The van der Waals surface area contributed by atoms with E-state index in [1.807, 2.05) is 80.3 Å². The maximum atomic E-state index is 13.7. The Morgan fingerprint density at radius 1 is 1.00 bits per heavy atom. The maximum absolute atomic E-state index is 13.7. The van der Waals surface area contributed by atoms with Gasteiger partial charge in [-0.3, -0.25) is 10.2 Å². The van der Waals surface area contributed by atoms with Crippen molar-refractivity contribution in [3.8, 4) is 11.1 Å². The Balaban J connectivity index is 1.69. The molecule has 3 aromatic carbocycles. The average molecular weight is 443 g/mol. The largest absolute Gasteiger partial charge is 0.348 e. The van der Waals surface area contributed by atoms with Gasteiger partial charge in [0.1, 0.15) is 5.82 Å². The Morgan fingerprint density at radius 2 is 1.82 bits per heavy atom. The first kappa shape index (κ1) is 22.3. The highest BCUT2D eigenvalue weighted by Gasteiger charge is 2.13. The van der Waals surface area contributed by atoms with Crippen molar-refractivity contribution in [1.82, 2.24) is 14.5 Å². The number of imidazole rings is 1. The smallest absolute Gasteiger partial charge is 0.251 e. The van der Waals surface area contributed by atoms with E-state index in [0.717, 1.165) is 33.4 Å². The average Bonchev–Trinajstić information content (AvgIpc) is 3.09. The molecular formula is C27H27FN4O. The van der Waals surface area contributed by atoms with Gasteiger partial charge >= 0.3 is 0 Å². The highest BCUT2D eigenvalue weighted by molar-refractivity contribution is 5.95. The number of aromatic nitrogens is 2. The van der Waals surface area contributed by atoms with Gasteiger partial charge in [0.2, 0.25) is 5.62 Å². The molecule has 1 amide bonds. The Labute approximate surface area is 192 Å².